The van der Waals surface area contributed by atoms with Crippen molar-refractivity contribution in [2.24, 2.45) is 0 Å². The molecule has 0 amide bonds. The second-order valence-corrected chi connectivity index (χ2v) is 28.3. The van der Waals surface area contributed by atoms with Gasteiger partial charge >= 0.3 is 0 Å². The van der Waals surface area contributed by atoms with Gasteiger partial charge in [0.05, 0.1) is 33.5 Å². The Morgan fingerprint density at radius 2 is 0.730 bits per heavy atom. The Hall–Kier alpha value is -12.3. The van der Waals surface area contributed by atoms with Crippen LogP contribution < -0.4 is 10.2 Å². The molecular formula is C97H71N3. The van der Waals surface area contributed by atoms with Crippen LogP contribution in [-0.2, 0) is 16.2 Å². The van der Waals surface area contributed by atoms with Crippen LogP contribution in [0.1, 0.15) is 72.2 Å². The third kappa shape index (κ3) is 8.91. The highest BCUT2D eigenvalue weighted by molar-refractivity contribution is 6.13. The summed E-state index contributed by atoms with van der Waals surface area (Å²) in [6, 6.07) is 130. The van der Waals surface area contributed by atoms with Crippen molar-refractivity contribution in [2.75, 3.05) is 10.2 Å². The third-order valence-corrected chi connectivity index (χ3v) is 22.3. The molecule has 15 aromatic carbocycles. The average Bonchev–Trinajstić information content (AvgIpc) is 1.48. The fourth-order valence-electron chi connectivity index (χ4n) is 17.7. The highest BCUT2D eigenvalue weighted by atomic mass is 15.1. The lowest BCUT2D eigenvalue weighted by molar-refractivity contribution is 0.660. The van der Waals surface area contributed by atoms with E-state index in [4.69, 9.17) is 0 Å². The zero-order valence-corrected chi connectivity index (χ0v) is 56.4. The van der Waals surface area contributed by atoms with E-state index in [-0.39, 0.29) is 10.8 Å². The summed E-state index contributed by atoms with van der Waals surface area (Å²) in [5.74, 6) is 0. The monoisotopic (exact) mass is 1280 g/mol. The number of anilines is 5. The molecule has 2 heterocycles. The number of nitrogens with zero attached hydrogens (tertiary/aromatic N) is 2. The molecule has 4 aliphatic rings. The normalized spacial score (nSPS) is 14.8. The van der Waals surface area contributed by atoms with Crippen LogP contribution in [0.15, 0.2) is 352 Å². The Balaban J connectivity index is 0.000000172. The van der Waals surface area contributed by atoms with Crippen LogP contribution >= 0.6 is 0 Å². The van der Waals surface area contributed by atoms with Crippen molar-refractivity contribution in [3.63, 3.8) is 0 Å². The minimum Gasteiger partial charge on any atom is -0.355 e. The zero-order chi connectivity index (χ0) is 66.8. The van der Waals surface area contributed by atoms with Crippen molar-refractivity contribution in [1.29, 1.82) is 0 Å². The summed E-state index contributed by atoms with van der Waals surface area (Å²) in [6.45, 7) is 9.41. The highest BCUT2D eigenvalue weighted by Crippen LogP contribution is 2.64. The number of hydrogen-bond acceptors (Lipinski definition) is 2. The molecule has 16 aromatic rings. The Bertz CT molecular complexity index is 5930. The van der Waals surface area contributed by atoms with Gasteiger partial charge in [-0.1, -0.05) is 325 Å². The standard InChI is InChI=1S/C64H44N2.C33H27N/c1-63(2)51-25-10-6-21-46(51)47-39-38-44(40-56(47)63)65(57-30-13-8-20-45(57)43-36-34-42(35-37-43)41-18-4-3-5-19-41)60-33-17-28-54-61(60)50-23-7-11-26-52(50)64(54)53-27-12-15-32-59(53)66-58-31-14-9-22-48(58)49-24-16-29-55(64)62(49)66;1-33(2)30-14-8-6-13-28(30)29-21-20-26(22-31(29)33)34-32-15-9-7-12-27(32)25-18-16-24(17-19-25)23-10-4-3-5-11-23/h3-40H,1-2H3;3-22,34H,1-2H3. The Morgan fingerprint density at radius 1 is 0.280 bits per heavy atom. The van der Waals surface area contributed by atoms with Crippen LogP contribution in [0, 0.1) is 0 Å². The number of hydrogen-bond donors (Lipinski definition) is 1. The largest absolute Gasteiger partial charge is 0.355 e. The van der Waals surface area contributed by atoms with Gasteiger partial charge < -0.3 is 14.8 Å². The molecule has 0 bridgehead atoms. The van der Waals surface area contributed by atoms with Gasteiger partial charge in [-0.2, -0.15) is 0 Å². The van der Waals surface area contributed by atoms with Gasteiger partial charge in [0.1, 0.15) is 0 Å². The average molecular weight is 1280 g/mol. The van der Waals surface area contributed by atoms with Crippen LogP contribution in [0.2, 0.25) is 0 Å². The molecule has 3 aliphatic carbocycles. The minimum atomic E-state index is -0.567. The molecule has 474 valence electrons. The highest BCUT2D eigenvalue weighted by Gasteiger charge is 2.52. The van der Waals surface area contributed by atoms with Gasteiger partial charge in [0.15, 0.2) is 0 Å². The molecule has 100 heavy (non-hydrogen) atoms. The lowest BCUT2D eigenvalue weighted by Gasteiger charge is -2.39. The zero-order valence-electron chi connectivity index (χ0n) is 56.4. The molecule has 1 spiro atoms. The second kappa shape index (κ2) is 22.9. The van der Waals surface area contributed by atoms with Crippen LogP contribution in [-0.4, -0.2) is 4.57 Å². The lowest BCUT2D eigenvalue weighted by Crippen LogP contribution is -2.33. The Morgan fingerprint density at radius 3 is 1.41 bits per heavy atom. The van der Waals surface area contributed by atoms with E-state index < -0.39 is 5.41 Å². The first-order valence-corrected chi connectivity index (χ1v) is 35.1. The number of rotatable bonds is 9. The number of benzene rings is 15. The molecule has 3 heteroatoms. The van der Waals surface area contributed by atoms with Gasteiger partial charge in [-0.3, -0.25) is 0 Å². The van der Waals surface area contributed by atoms with Gasteiger partial charge in [-0.15, -0.1) is 0 Å². The van der Waals surface area contributed by atoms with E-state index in [0.717, 1.165) is 28.4 Å². The SMILES string of the molecule is CC1(C)c2ccccc2-c2ccc(N(c3ccccc3-c3ccc(-c4ccccc4)cc3)c3cccc4c3-c3ccccc3C43c4ccccc4-n4c5ccccc5c5cccc3c54)cc21.CC1(C)c2ccccc2-c2ccc(Nc3ccccc3-c3ccc(-c4ccccc4)cc3)cc21. The van der Waals surface area contributed by atoms with Gasteiger partial charge in [0, 0.05) is 55.4 Å². The molecule has 0 saturated carbocycles. The molecule has 1 atom stereocenters. The van der Waals surface area contributed by atoms with Crippen molar-refractivity contribution in [2.45, 2.75) is 43.9 Å². The number of nitrogens with one attached hydrogen (secondary N) is 1. The molecule has 1 N–H and O–H groups in total. The third-order valence-electron chi connectivity index (χ3n) is 22.3. The Kier molecular flexibility index (Phi) is 13.5. The van der Waals surface area contributed by atoms with Crippen LogP contribution in [0.5, 0.6) is 0 Å². The summed E-state index contributed by atoms with van der Waals surface area (Å²) < 4.78 is 2.53. The van der Waals surface area contributed by atoms with Crippen LogP contribution in [0.3, 0.4) is 0 Å². The van der Waals surface area contributed by atoms with Gasteiger partial charge in [-0.25, -0.2) is 0 Å². The topological polar surface area (TPSA) is 20.2 Å². The van der Waals surface area contributed by atoms with Gasteiger partial charge in [0.2, 0.25) is 0 Å². The predicted octanol–water partition coefficient (Wildman–Crippen LogP) is 25.6. The lowest BCUT2D eigenvalue weighted by atomic mass is 9.65. The summed E-state index contributed by atoms with van der Waals surface area (Å²) >= 11 is 0. The Labute approximate surface area is 585 Å². The maximum absolute atomic E-state index is 3.71. The van der Waals surface area contributed by atoms with Gasteiger partial charge in [0.25, 0.3) is 0 Å². The van der Waals surface area contributed by atoms with Crippen molar-refractivity contribution < 1.29 is 0 Å². The predicted molar refractivity (Wildman–Crippen MR) is 419 cm³/mol. The first kappa shape index (κ1) is 59.0. The van der Waals surface area contributed by atoms with E-state index in [1.54, 1.807) is 0 Å². The molecule has 1 aromatic heterocycles. The van der Waals surface area contributed by atoms with Gasteiger partial charge in [-0.05, 0) is 160 Å². The maximum Gasteiger partial charge on any atom is 0.0755 e. The summed E-state index contributed by atoms with van der Waals surface area (Å²) in [5, 5.41) is 6.28. The first-order chi connectivity index (χ1) is 49.1. The van der Waals surface area contributed by atoms with E-state index in [0.29, 0.717) is 0 Å². The number of para-hydroxylation sites is 5. The van der Waals surface area contributed by atoms with Crippen molar-refractivity contribution in [1.82, 2.24) is 4.57 Å². The summed E-state index contributed by atoms with van der Waals surface area (Å²) in [4.78, 5) is 2.57. The van der Waals surface area contributed by atoms with Crippen molar-refractivity contribution in [3.05, 3.63) is 396 Å². The molecular weight excluding hydrogens is 1210 g/mol. The minimum absolute atomic E-state index is 0.00357. The van der Waals surface area contributed by atoms with Crippen molar-refractivity contribution >= 4 is 50.2 Å². The van der Waals surface area contributed by atoms with E-state index >= 15 is 0 Å². The first-order valence-electron chi connectivity index (χ1n) is 35.1. The quantitative estimate of drug-likeness (QED) is 0.155. The second-order valence-electron chi connectivity index (χ2n) is 28.3. The molecule has 0 fully saturated rings. The fourth-order valence-corrected chi connectivity index (χ4v) is 17.7. The van der Waals surface area contributed by atoms with E-state index in [1.807, 2.05) is 0 Å². The summed E-state index contributed by atoms with van der Waals surface area (Å²) in [6.07, 6.45) is 0. The smallest absolute Gasteiger partial charge is 0.0755 e. The molecule has 0 saturated heterocycles. The number of aromatic nitrogens is 1. The molecule has 3 nitrogen and oxygen atoms in total. The maximum atomic E-state index is 3.71. The molecule has 20 rings (SSSR count). The molecule has 1 aliphatic heterocycles. The summed E-state index contributed by atoms with van der Waals surface area (Å²) in [7, 11) is 0. The van der Waals surface area contributed by atoms with E-state index in [1.165, 1.54) is 150 Å². The summed E-state index contributed by atoms with van der Waals surface area (Å²) in [5.41, 5.74) is 37.0. The van der Waals surface area contributed by atoms with E-state index in [2.05, 4.69) is 394 Å². The fraction of sp³-hybridized carbons (Fsp3) is 0.0722. The van der Waals surface area contributed by atoms with E-state index in [9.17, 15) is 0 Å². The molecule has 1 unspecified atom stereocenters. The molecule has 0 radical (unpaired) electrons. The number of fused-ring (bicyclic) bond motifs is 18. The van der Waals surface area contributed by atoms with Crippen molar-refractivity contribution in [3.8, 4) is 83.6 Å². The van der Waals surface area contributed by atoms with Crippen LogP contribution in [0.4, 0.5) is 28.4 Å². The van der Waals surface area contributed by atoms with Crippen LogP contribution in [0.25, 0.3) is 105 Å².